The lowest BCUT2D eigenvalue weighted by atomic mass is 10.1. The maximum Gasteiger partial charge on any atom is 0.220 e. The number of carbonyl (C=O) groups excluding carboxylic acids is 1. The topological polar surface area (TPSA) is 63.2 Å². The van der Waals surface area contributed by atoms with Gasteiger partial charge in [0.15, 0.2) is 0 Å². The van der Waals surface area contributed by atoms with Crippen molar-refractivity contribution in [1.82, 2.24) is 5.32 Å². The average molecular weight is 221 g/mol. The van der Waals surface area contributed by atoms with E-state index in [4.69, 9.17) is 0 Å². The molecular formula is C9H19NO3S. The fourth-order valence-electron chi connectivity index (χ4n) is 0.884. The van der Waals surface area contributed by atoms with Gasteiger partial charge in [0.1, 0.15) is 9.84 Å². The summed E-state index contributed by atoms with van der Waals surface area (Å²) in [6.45, 7) is 4.31. The molecule has 0 aromatic heterocycles. The molecule has 1 amide bonds. The number of hydrogen-bond acceptors (Lipinski definition) is 3. The molecule has 0 saturated heterocycles. The number of carbonyl (C=O) groups is 1. The van der Waals surface area contributed by atoms with Crippen LogP contribution in [-0.4, -0.2) is 32.9 Å². The van der Waals surface area contributed by atoms with Gasteiger partial charge in [0, 0.05) is 19.2 Å². The molecular weight excluding hydrogens is 202 g/mol. The van der Waals surface area contributed by atoms with Gasteiger partial charge >= 0.3 is 0 Å². The van der Waals surface area contributed by atoms with Gasteiger partial charge in [0.05, 0.1) is 5.75 Å². The molecule has 0 heterocycles. The van der Waals surface area contributed by atoms with E-state index in [0.717, 1.165) is 12.7 Å². The van der Waals surface area contributed by atoms with E-state index in [1.165, 1.54) is 0 Å². The Labute approximate surface area is 86.0 Å². The van der Waals surface area contributed by atoms with Crippen molar-refractivity contribution in [3.63, 3.8) is 0 Å². The van der Waals surface area contributed by atoms with Crippen molar-refractivity contribution < 1.29 is 13.2 Å². The number of hydrogen-bond donors (Lipinski definition) is 1. The van der Waals surface area contributed by atoms with Gasteiger partial charge in [0.25, 0.3) is 0 Å². The fraction of sp³-hybridized carbons (Fsp3) is 0.889. The van der Waals surface area contributed by atoms with Crippen LogP contribution < -0.4 is 5.32 Å². The molecule has 0 unspecified atom stereocenters. The molecule has 1 N–H and O–H groups in total. The monoisotopic (exact) mass is 221 g/mol. The molecule has 0 aliphatic rings. The van der Waals surface area contributed by atoms with Crippen LogP contribution in [0.5, 0.6) is 0 Å². The van der Waals surface area contributed by atoms with Crippen LogP contribution in [0, 0.1) is 5.92 Å². The smallest absolute Gasteiger partial charge is 0.220 e. The Hall–Kier alpha value is -0.580. The molecule has 4 nitrogen and oxygen atoms in total. The summed E-state index contributed by atoms with van der Waals surface area (Å²) in [6.07, 6.45) is 2.47. The van der Waals surface area contributed by atoms with Gasteiger partial charge < -0.3 is 5.32 Å². The Morgan fingerprint density at radius 2 is 1.93 bits per heavy atom. The van der Waals surface area contributed by atoms with E-state index in [0.29, 0.717) is 12.3 Å². The molecule has 0 saturated carbocycles. The van der Waals surface area contributed by atoms with Crippen LogP contribution in [-0.2, 0) is 14.6 Å². The van der Waals surface area contributed by atoms with Gasteiger partial charge in [-0.2, -0.15) is 0 Å². The quantitative estimate of drug-likeness (QED) is 0.713. The lowest BCUT2D eigenvalue weighted by Gasteiger charge is -2.05. The van der Waals surface area contributed by atoms with E-state index in [1.54, 1.807) is 0 Å². The van der Waals surface area contributed by atoms with Crippen molar-refractivity contribution in [2.24, 2.45) is 5.92 Å². The first kappa shape index (κ1) is 13.4. The van der Waals surface area contributed by atoms with E-state index >= 15 is 0 Å². The Bertz CT molecular complexity index is 270. The van der Waals surface area contributed by atoms with Crippen molar-refractivity contribution in [2.45, 2.75) is 26.7 Å². The summed E-state index contributed by atoms with van der Waals surface area (Å²) in [5.41, 5.74) is 0. The predicted molar refractivity (Wildman–Crippen MR) is 56.8 cm³/mol. The van der Waals surface area contributed by atoms with Gasteiger partial charge in [-0.15, -0.1) is 0 Å². The molecule has 5 heteroatoms. The molecule has 0 aromatic rings. The molecule has 0 aliphatic heterocycles. The summed E-state index contributed by atoms with van der Waals surface area (Å²) in [4.78, 5) is 11.1. The minimum absolute atomic E-state index is 0.0143. The van der Waals surface area contributed by atoms with Crippen LogP contribution in [0.4, 0.5) is 0 Å². The number of rotatable bonds is 6. The molecule has 0 fully saturated rings. The summed E-state index contributed by atoms with van der Waals surface area (Å²) in [5, 5.41) is 2.58. The Balaban J connectivity index is 3.55. The zero-order valence-corrected chi connectivity index (χ0v) is 9.86. The summed E-state index contributed by atoms with van der Waals surface area (Å²) in [6, 6.07) is 0. The van der Waals surface area contributed by atoms with Gasteiger partial charge in [0.2, 0.25) is 5.91 Å². The maximum absolute atomic E-state index is 11.1. The van der Waals surface area contributed by atoms with Crippen molar-refractivity contribution in [3.05, 3.63) is 0 Å². The second-order valence-electron chi connectivity index (χ2n) is 3.91. The Kier molecular flexibility index (Phi) is 5.76. The lowest BCUT2D eigenvalue weighted by Crippen LogP contribution is -2.28. The van der Waals surface area contributed by atoms with Gasteiger partial charge in [-0.25, -0.2) is 8.42 Å². The third-order valence-electron chi connectivity index (χ3n) is 1.74. The molecule has 0 aromatic carbocycles. The highest BCUT2D eigenvalue weighted by molar-refractivity contribution is 7.90. The third-order valence-corrected chi connectivity index (χ3v) is 2.69. The van der Waals surface area contributed by atoms with Crippen molar-refractivity contribution in [2.75, 3.05) is 18.6 Å². The minimum atomic E-state index is -2.97. The second kappa shape index (κ2) is 6.01. The number of sulfone groups is 1. The Morgan fingerprint density at radius 3 is 2.36 bits per heavy atom. The Morgan fingerprint density at radius 1 is 1.36 bits per heavy atom. The normalized spacial score (nSPS) is 11.7. The first-order valence-corrected chi connectivity index (χ1v) is 6.81. The van der Waals surface area contributed by atoms with Crippen LogP contribution in [0.2, 0.25) is 0 Å². The van der Waals surface area contributed by atoms with Crippen molar-refractivity contribution in [1.29, 1.82) is 0 Å². The maximum atomic E-state index is 11.1. The van der Waals surface area contributed by atoms with Crippen molar-refractivity contribution >= 4 is 15.7 Å². The van der Waals surface area contributed by atoms with E-state index < -0.39 is 9.84 Å². The summed E-state index contributed by atoms with van der Waals surface area (Å²) in [5.74, 6) is 0.443. The third kappa shape index (κ3) is 9.51. The van der Waals surface area contributed by atoms with E-state index in [9.17, 15) is 13.2 Å². The molecule has 84 valence electrons. The molecule has 0 spiro atoms. The van der Waals surface area contributed by atoms with Crippen LogP contribution in [0.25, 0.3) is 0 Å². The van der Waals surface area contributed by atoms with Gasteiger partial charge in [-0.1, -0.05) is 13.8 Å². The first-order chi connectivity index (χ1) is 6.31. The first-order valence-electron chi connectivity index (χ1n) is 4.75. The van der Waals surface area contributed by atoms with Gasteiger partial charge in [-0.3, -0.25) is 4.79 Å². The fourth-order valence-corrected chi connectivity index (χ4v) is 1.36. The second-order valence-corrected chi connectivity index (χ2v) is 6.17. The molecule has 14 heavy (non-hydrogen) atoms. The van der Waals surface area contributed by atoms with Crippen LogP contribution in [0.15, 0.2) is 0 Å². The zero-order valence-electron chi connectivity index (χ0n) is 9.04. The SMILES string of the molecule is CC(C)CCC(=O)NCCS(C)(=O)=O. The highest BCUT2D eigenvalue weighted by atomic mass is 32.2. The predicted octanol–water partition coefficient (Wildman–Crippen LogP) is 0.583. The van der Waals surface area contributed by atoms with Gasteiger partial charge in [-0.05, 0) is 12.3 Å². The average Bonchev–Trinajstić information content (AvgIpc) is 1.98. The van der Waals surface area contributed by atoms with E-state index in [2.05, 4.69) is 5.32 Å². The van der Waals surface area contributed by atoms with Crippen LogP contribution in [0.3, 0.4) is 0 Å². The van der Waals surface area contributed by atoms with Crippen LogP contribution in [0.1, 0.15) is 26.7 Å². The minimum Gasteiger partial charge on any atom is -0.355 e. The van der Waals surface area contributed by atoms with Crippen molar-refractivity contribution in [3.8, 4) is 0 Å². The highest BCUT2D eigenvalue weighted by Gasteiger charge is 2.05. The molecule has 0 atom stereocenters. The molecule has 0 aliphatic carbocycles. The molecule has 0 bridgehead atoms. The van der Waals surface area contributed by atoms with Crippen LogP contribution >= 0.6 is 0 Å². The standard InChI is InChI=1S/C9H19NO3S/c1-8(2)4-5-9(11)10-6-7-14(3,12)13/h8H,4-7H2,1-3H3,(H,10,11). The molecule has 0 rings (SSSR count). The lowest BCUT2D eigenvalue weighted by molar-refractivity contribution is -0.121. The highest BCUT2D eigenvalue weighted by Crippen LogP contribution is 2.02. The number of amides is 1. The largest absolute Gasteiger partial charge is 0.355 e. The summed E-state index contributed by atoms with van der Waals surface area (Å²) >= 11 is 0. The summed E-state index contributed by atoms with van der Waals surface area (Å²) < 4.78 is 21.5. The van der Waals surface area contributed by atoms with E-state index in [1.807, 2.05) is 13.8 Å². The zero-order chi connectivity index (χ0) is 11.2. The molecule has 0 radical (unpaired) electrons. The number of nitrogens with one attached hydrogen (secondary N) is 1. The summed E-state index contributed by atoms with van der Waals surface area (Å²) in [7, 11) is -2.97. The van der Waals surface area contributed by atoms with E-state index in [-0.39, 0.29) is 18.2 Å².